The van der Waals surface area contributed by atoms with Gasteiger partial charge in [-0.25, -0.2) is 9.18 Å². The van der Waals surface area contributed by atoms with Crippen LogP contribution in [0.5, 0.6) is 5.75 Å². The Bertz CT molecular complexity index is 1300. The van der Waals surface area contributed by atoms with Crippen LogP contribution in [0.15, 0.2) is 52.6 Å². The van der Waals surface area contributed by atoms with Gasteiger partial charge in [0, 0.05) is 55.7 Å². The Balaban J connectivity index is 1.27. The largest absolute Gasteiger partial charge is 0.508 e. The van der Waals surface area contributed by atoms with E-state index in [1.54, 1.807) is 35.2 Å². The number of piperazine rings is 1. The highest BCUT2D eigenvalue weighted by Gasteiger charge is 2.32. The molecule has 2 aliphatic rings. The third-order valence-corrected chi connectivity index (χ3v) is 6.53. The number of aliphatic hydroxyl groups is 1. The van der Waals surface area contributed by atoms with Crippen LogP contribution in [0.25, 0.3) is 11.5 Å². The maximum Gasteiger partial charge on any atom is 0.336 e. The molecule has 2 aliphatic heterocycles. The molecule has 3 N–H and O–H groups in total. The van der Waals surface area contributed by atoms with E-state index < -0.39 is 17.9 Å². The second-order valence-corrected chi connectivity index (χ2v) is 8.75. The van der Waals surface area contributed by atoms with Gasteiger partial charge in [-0.2, -0.15) is 0 Å². The fourth-order valence-corrected chi connectivity index (χ4v) is 4.56. The Morgan fingerprint density at radius 2 is 1.83 bits per heavy atom. The summed E-state index contributed by atoms with van der Waals surface area (Å²) in [5, 5.41) is 37.5. The molecule has 5 rings (SSSR count). The molecule has 36 heavy (non-hydrogen) atoms. The van der Waals surface area contributed by atoms with Crippen LogP contribution in [0.3, 0.4) is 0 Å². The highest BCUT2D eigenvalue weighted by molar-refractivity contribution is 5.91. The summed E-state index contributed by atoms with van der Waals surface area (Å²) >= 11 is 0. The molecule has 1 aromatic heterocycles. The number of hydrogen-bond donors (Lipinski definition) is 3. The highest BCUT2D eigenvalue weighted by atomic mass is 19.1. The van der Waals surface area contributed by atoms with Crippen molar-refractivity contribution in [2.24, 2.45) is 0 Å². The van der Waals surface area contributed by atoms with Gasteiger partial charge in [-0.3, -0.25) is 4.90 Å². The number of phenols is 1. The van der Waals surface area contributed by atoms with Gasteiger partial charge in [0.1, 0.15) is 17.7 Å². The zero-order valence-corrected chi connectivity index (χ0v) is 19.6. The lowest BCUT2D eigenvalue weighted by Gasteiger charge is -2.37. The molecule has 188 valence electrons. The number of hydrogen-bond acceptors (Lipinski definition) is 9. The Morgan fingerprint density at radius 1 is 1.11 bits per heavy atom. The number of benzene rings is 2. The van der Waals surface area contributed by atoms with Crippen molar-refractivity contribution in [3.05, 3.63) is 65.4 Å². The number of nitrogens with zero attached hydrogens (tertiary/aromatic N) is 5. The van der Waals surface area contributed by atoms with Gasteiger partial charge in [0.15, 0.2) is 0 Å². The van der Waals surface area contributed by atoms with Gasteiger partial charge in [0.25, 0.3) is 0 Å². The van der Waals surface area contributed by atoms with Crippen LogP contribution in [0.2, 0.25) is 0 Å². The van der Waals surface area contributed by atoms with Gasteiger partial charge in [0.05, 0.1) is 17.8 Å². The summed E-state index contributed by atoms with van der Waals surface area (Å²) < 4.78 is 20.9. The molecule has 2 aromatic carbocycles. The number of rotatable bonds is 6. The third kappa shape index (κ3) is 4.50. The number of anilines is 2. The molecule has 0 amide bonds. The van der Waals surface area contributed by atoms with Crippen molar-refractivity contribution in [1.29, 1.82) is 0 Å². The normalized spacial score (nSPS) is 18.2. The minimum Gasteiger partial charge on any atom is -0.508 e. The molecule has 0 aliphatic carbocycles. The van der Waals surface area contributed by atoms with Gasteiger partial charge in [-0.1, -0.05) is 0 Å². The lowest BCUT2D eigenvalue weighted by molar-refractivity contribution is -0.133. The summed E-state index contributed by atoms with van der Waals surface area (Å²) in [6.07, 6.45) is 0.0211. The minimum absolute atomic E-state index is 0.159. The maximum absolute atomic E-state index is 15.1. The summed E-state index contributed by atoms with van der Waals surface area (Å²) in [6.45, 7) is 5.24. The van der Waals surface area contributed by atoms with Crippen LogP contribution in [-0.2, 0) is 11.3 Å². The number of aliphatic hydroxyl groups excluding tert-OH is 1. The average Bonchev–Trinajstić information content (AvgIpc) is 3.33. The number of aromatic nitrogens is 2. The number of halogens is 1. The SMILES string of the molecule is CCN1C=C(C(=O)O)C(O)c2cc(F)c(N3CCN(Cc4nnc(-c5ccc(O)cc5)o4)CC3)cc21. The Labute approximate surface area is 206 Å². The standard InChI is InChI=1S/C25H26FN5O5/c1-2-30-13-18(25(34)35)23(33)17-11-19(26)21(12-20(17)30)31-9-7-29(8-10-31)14-22-27-28-24(36-22)15-3-5-16(32)6-4-15/h3-6,11-13,23,32-33H,2,7-10,14H2,1H3,(H,34,35). The first kappa shape index (κ1) is 23.8. The van der Waals surface area contributed by atoms with Crippen LogP contribution in [0, 0.1) is 5.82 Å². The van der Waals surface area contributed by atoms with Crippen molar-refractivity contribution in [3.8, 4) is 17.2 Å². The fraction of sp³-hybridized carbons (Fsp3) is 0.320. The van der Waals surface area contributed by atoms with Crippen LogP contribution >= 0.6 is 0 Å². The molecule has 0 spiro atoms. The van der Waals surface area contributed by atoms with E-state index in [-0.39, 0.29) is 16.9 Å². The zero-order valence-electron chi connectivity index (χ0n) is 19.6. The van der Waals surface area contributed by atoms with Gasteiger partial charge < -0.3 is 29.5 Å². The molecule has 0 radical (unpaired) electrons. The molecule has 1 saturated heterocycles. The number of phenolic OH excluding ortho intramolecular Hbond substituents is 1. The quantitative estimate of drug-likeness (QED) is 0.470. The van der Waals surface area contributed by atoms with E-state index in [1.807, 2.05) is 11.8 Å². The minimum atomic E-state index is -1.39. The van der Waals surface area contributed by atoms with Crippen LogP contribution in [-0.4, -0.2) is 69.1 Å². The number of carboxylic acid groups (broad SMARTS) is 1. The van der Waals surface area contributed by atoms with Crippen molar-refractivity contribution >= 4 is 17.3 Å². The van der Waals surface area contributed by atoms with E-state index >= 15 is 4.39 Å². The van der Waals surface area contributed by atoms with Crippen molar-refractivity contribution in [2.75, 3.05) is 42.5 Å². The second kappa shape index (κ2) is 9.59. The predicted octanol–water partition coefficient (Wildman–Crippen LogP) is 2.75. The first-order valence-electron chi connectivity index (χ1n) is 11.7. The molecular formula is C25H26FN5O5. The molecule has 0 bridgehead atoms. The first-order valence-corrected chi connectivity index (χ1v) is 11.7. The molecular weight excluding hydrogens is 469 g/mol. The summed E-state index contributed by atoms with van der Waals surface area (Å²) in [5.74, 6) is -0.725. The predicted molar refractivity (Wildman–Crippen MR) is 129 cm³/mol. The van der Waals surface area contributed by atoms with Gasteiger partial charge in [0.2, 0.25) is 11.8 Å². The van der Waals surface area contributed by atoms with Crippen LogP contribution in [0.1, 0.15) is 24.5 Å². The Kier molecular flexibility index (Phi) is 6.33. The molecule has 0 saturated carbocycles. The molecule has 10 nitrogen and oxygen atoms in total. The van der Waals surface area contributed by atoms with Crippen LogP contribution < -0.4 is 9.80 Å². The van der Waals surface area contributed by atoms with Crippen molar-refractivity contribution in [3.63, 3.8) is 0 Å². The number of carboxylic acids is 1. The highest BCUT2D eigenvalue weighted by Crippen LogP contribution is 2.40. The molecule has 3 aromatic rings. The lowest BCUT2D eigenvalue weighted by atomic mass is 9.95. The van der Waals surface area contributed by atoms with Gasteiger partial charge in [-0.15, -0.1) is 10.2 Å². The molecule has 11 heteroatoms. The van der Waals surface area contributed by atoms with Gasteiger partial charge >= 0.3 is 5.97 Å². The molecule has 1 atom stereocenters. The summed E-state index contributed by atoms with van der Waals surface area (Å²) in [7, 11) is 0. The third-order valence-electron chi connectivity index (χ3n) is 6.53. The fourth-order valence-electron chi connectivity index (χ4n) is 4.56. The van der Waals surface area contributed by atoms with E-state index in [2.05, 4.69) is 15.1 Å². The van der Waals surface area contributed by atoms with Crippen molar-refractivity contribution < 1.29 is 28.9 Å². The molecule has 1 fully saturated rings. The molecule has 1 unspecified atom stereocenters. The van der Waals surface area contributed by atoms with E-state index in [1.165, 1.54) is 12.3 Å². The first-order chi connectivity index (χ1) is 17.3. The number of fused-ring (bicyclic) bond motifs is 1. The Morgan fingerprint density at radius 3 is 2.50 bits per heavy atom. The number of carbonyl (C=O) groups is 1. The number of aliphatic carboxylic acids is 1. The Hall–Kier alpha value is -3.96. The smallest absolute Gasteiger partial charge is 0.336 e. The van der Waals surface area contributed by atoms with Crippen molar-refractivity contribution in [2.45, 2.75) is 19.6 Å². The van der Waals surface area contributed by atoms with Crippen molar-refractivity contribution in [1.82, 2.24) is 15.1 Å². The second-order valence-electron chi connectivity index (χ2n) is 8.75. The zero-order chi connectivity index (χ0) is 25.4. The van der Waals surface area contributed by atoms with E-state index in [0.717, 1.165) is 5.56 Å². The average molecular weight is 496 g/mol. The van der Waals surface area contributed by atoms with E-state index in [0.29, 0.717) is 62.4 Å². The van der Waals surface area contributed by atoms with Gasteiger partial charge in [-0.05, 0) is 43.3 Å². The monoisotopic (exact) mass is 495 g/mol. The molecule has 3 heterocycles. The summed E-state index contributed by atoms with van der Waals surface area (Å²) in [6, 6.07) is 9.44. The lowest BCUT2D eigenvalue weighted by Crippen LogP contribution is -2.46. The van der Waals surface area contributed by atoms with E-state index in [4.69, 9.17) is 4.42 Å². The van der Waals surface area contributed by atoms with E-state index in [9.17, 15) is 20.1 Å². The summed E-state index contributed by atoms with van der Waals surface area (Å²) in [5.41, 5.74) is 1.80. The topological polar surface area (TPSA) is 126 Å². The number of aromatic hydroxyl groups is 1. The maximum atomic E-state index is 15.1. The summed E-state index contributed by atoms with van der Waals surface area (Å²) in [4.78, 5) is 17.3. The van der Waals surface area contributed by atoms with Crippen LogP contribution in [0.4, 0.5) is 15.8 Å².